The Kier molecular flexibility index (Phi) is 1.95. The van der Waals surface area contributed by atoms with E-state index in [0.29, 0.717) is 13.1 Å². The highest BCUT2D eigenvalue weighted by molar-refractivity contribution is 7.88. The number of sulfonamides is 1. The summed E-state index contributed by atoms with van der Waals surface area (Å²) in [5.41, 5.74) is 0. The van der Waals surface area contributed by atoms with E-state index in [0.717, 1.165) is 6.26 Å². The minimum absolute atomic E-state index is 0.0139. The summed E-state index contributed by atoms with van der Waals surface area (Å²) >= 11 is 0. The van der Waals surface area contributed by atoms with Crippen LogP contribution in [-0.2, 0) is 10.0 Å². The topological polar surface area (TPSA) is 75.4 Å². The van der Waals surface area contributed by atoms with Gasteiger partial charge in [-0.15, -0.1) is 0 Å². The van der Waals surface area contributed by atoms with Gasteiger partial charge in [0.1, 0.15) is 0 Å². The van der Waals surface area contributed by atoms with Crippen molar-refractivity contribution in [1.82, 2.24) is 9.73 Å². The number of nitrogens with zero attached hydrogens (tertiary/aromatic N) is 1. The van der Waals surface area contributed by atoms with Crippen molar-refractivity contribution < 1.29 is 8.42 Å². The third kappa shape index (κ3) is 2.22. The summed E-state index contributed by atoms with van der Waals surface area (Å²) in [6, 6.07) is 0.0139. The van der Waals surface area contributed by atoms with Gasteiger partial charge in [0.05, 0.1) is 6.26 Å². The van der Waals surface area contributed by atoms with E-state index in [2.05, 4.69) is 4.72 Å². The Labute approximate surface area is 60.2 Å². The van der Waals surface area contributed by atoms with Gasteiger partial charge in [-0.1, -0.05) is 0 Å². The predicted octanol–water partition coefficient (Wildman–Crippen LogP) is -1.91. The zero-order valence-corrected chi connectivity index (χ0v) is 6.56. The second-order valence-electron chi connectivity index (χ2n) is 2.54. The molecule has 0 amide bonds. The molecule has 1 heterocycles. The molecule has 0 unspecified atom stereocenters. The largest absolute Gasteiger partial charge is 0.269 e. The van der Waals surface area contributed by atoms with Crippen LogP contribution in [0, 0.1) is 0 Å². The van der Waals surface area contributed by atoms with Crippen molar-refractivity contribution in [3.63, 3.8) is 0 Å². The maximum absolute atomic E-state index is 10.6. The van der Waals surface area contributed by atoms with Gasteiger partial charge >= 0.3 is 0 Å². The summed E-state index contributed by atoms with van der Waals surface area (Å²) in [5, 5.41) is 1.56. The number of hydrogen-bond acceptors (Lipinski definition) is 4. The molecule has 1 rings (SSSR count). The Balaban J connectivity index is 2.30. The Bertz CT molecular complexity index is 207. The van der Waals surface area contributed by atoms with Crippen molar-refractivity contribution in [3.8, 4) is 0 Å². The van der Waals surface area contributed by atoms with E-state index < -0.39 is 10.0 Å². The second kappa shape index (κ2) is 2.46. The molecule has 0 aromatic carbocycles. The molecular formula is C4H11N3O2S. The van der Waals surface area contributed by atoms with Crippen LogP contribution in [0.15, 0.2) is 0 Å². The molecule has 0 aromatic heterocycles. The van der Waals surface area contributed by atoms with Crippen LogP contribution in [0.5, 0.6) is 0 Å². The van der Waals surface area contributed by atoms with Crippen molar-refractivity contribution in [2.45, 2.75) is 6.04 Å². The Morgan fingerprint density at radius 3 is 2.40 bits per heavy atom. The first kappa shape index (κ1) is 7.93. The van der Waals surface area contributed by atoms with E-state index in [4.69, 9.17) is 5.84 Å². The summed E-state index contributed by atoms with van der Waals surface area (Å²) in [5.74, 6) is 5.29. The van der Waals surface area contributed by atoms with E-state index in [9.17, 15) is 8.42 Å². The molecule has 0 atom stereocenters. The number of hydrazine groups is 1. The Hall–Kier alpha value is -0.170. The van der Waals surface area contributed by atoms with Crippen LogP contribution in [-0.4, -0.2) is 38.8 Å². The van der Waals surface area contributed by atoms with E-state index in [-0.39, 0.29) is 6.04 Å². The van der Waals surface area contributed by atoms with Crippen molar-refractivity contribution >= 4 is 10.0 Å². The van der Waals surface area contributed by atoms with Gasteiger partial charge in [0, 0.05) is 19.1 Å². The first-order chi connectivity index (χ1) is 4.47. The number of nitrogens with two attached hydrogens (primary N) is 1. The normalized spacial score (nSPS) is 22.6. The standard InChI is InChI=1S/C4H11N3O2S/c1-10(8,9)6-4-2-7(5)3-4/h4,6H,2-3,5H2,1H3. The average Bonchev–Trinajstić information content (AvgIpc) is 1.57. The minimum atomic E-state index is -3.04. The zero-order chi connectivity index (χ0) is 7.78. The zero-order valence-electron chi connectivity index (χ0n) is 5.74. The van der Waals surface area contributed by atoms with Crippen LogP contribution >= 0.6 is 0 Å². The van der Waals surface area contributed by atoms with Gasteiger partial charge in [0.2, 0.25) is 10.0 Å². The quantitative estimate of drug-likeness (QED) is 0.468. The average molecular weight is 165 g/mol. The fraction of sp³-hybridized carbons (Fsp3) is 1.00. The first-order valence-electron chi connectivity index (χ1n) is 2.94. The molecule has 0 aliphatic carbocycles. The first-order valence-corrected chi connectivity index (χ1v) is 4.83. The molecule has 1 aliphatic heterocycles. The lowest BCUT2D eigenvalue weighted by Crippen LogP contribution is -2.61. The van der Waals surface area contributed by atoms with Crippen molar-refractivity contribution in [2.24, 2.45) is 5.84 Å². The second-order valence-corrected chi connectivity index (χ2v) is 4.32. The van der Waals surface area contributed by atoms with Crippen LogP contribution in [0.25, 0.3) is 0 Å². The molecule has 1 fully saturated rings. The monoisotopic (exact) mass is 165 g/mol. The minimum Gasteiger partial charge on any atom is -0.269 e. The summed E-state index contributed by atoms with van der Waals surface area (Å²) in [6.45, 7) is 1.21. The van der Waals surface area contributed by atoms with Gasteiger partial charge in [0.25, 0.3) is 0 Å². The van der Waals surface area contributed by atoms with E-state index in [1.165, 1.54) is 0 Å². The summed E-state index contributed by atoms with van der Waals surface area (Å²) in [6.07, 6.45) is 1.15. The molecule has 6 heteroatoms. The van der Waals surface area contributed by atoms with Crippen LogP contribution in [0.4, 0.5) is 0 Å². The van der Waals surface area contributed by atoms with Crippen molar-refractivity contribution in [1.29, 1.82) is 0 Å². The summed E-state index contributed by atoms with van der Waals surface area (Å²) in [4.78, 5) is 0. The lowest BCUT2D eigenvalue weighted by molar-refractivity contribution is 0.144. The van der Waals surface area contributed by atoms with Gasteiger partial charge in [-0.25, -0.2) is 18.1 Å². The van der Waals surface area contributed by atoms with Gasteiger partial charge < -0.3 is 0 Å². The molecule has 0 spiro atoms. The molecule has 0 radical (unpaired) electrons. The highest BCUT2D eigenvalue weighted by atomic mass is 32.2. The maximum atomic E-state index is 10.6. The van der Waals surface area contributed by atoms with Gasteiger partial charge in [0.15, 0.2) is 0 Å². The Morgan fingerprint density at radius 2 is 2.10 bits per heavy atom. The van der Waals surface area contributed by atoms with Gasteiger partial charge in [-0.3, -0.25) is 5.84 Å². The lowest BCUT2D eigenvalue weighted by Gasteiger charge is -2.35. The number of nitrogens with one attached hydrogen (secondary N) is 1. The molecule has 0 bridgehead atoms. The molecule has 1 aliphatic rings. The molecule has 3 N–H and O–H groups in total. The summed E-state index contributed by atoms with van der Waals surface area (Å²) < 4.78 is 23.6. The molecule has 10 heavy (non-hydrogen) atoms. The van der Waals surface area contributed by atoms with Crippen molar-refractivity contribution in [3.05, 3.63) is 0 Å². The summed E-state index contributed by atoms with van der Waals surface area (Å²) in [7, 11) is -3.04. The molecule has 0 saturated carbocycles. The van der Waals surface area contributed by atoms with E-state index in [1.807, 2.05) is 0 Å². The lowest BCUT2D eigenvalue weighted by atomic mass is 10.2. The van der Waals surface area contributed by atoms with Crippen molar-refractivity contribution in [2.75, 3.05) is 19.3 Å². The van der Waals surface area contributed by atoms with Crippen LogP contribution < -0.4 is 10.6 Å². The smallest absolute Gasteiger partial charge is 0.209 e. The van der Waals surface area contributed by atoms with Gasteiger partial charge in [-0.2, -0.15) is 0 Å². The highest BCUT2D eigenvalue weighted by Crippen LogP contribution is 2.01. The van der Waals surface area contributed by atoms with Crippen LogP contribution in [0.1, 0.15) is 0 Å². The SMILES string of the molecule is CS(=O)(=O)NC1CN(N)C1. The number of rotatable bonds is 2. The van der Waals surface area contributed by atoms with E-state index in [1.54, 1.807) is 5.01 Å². The molecule has 60 valence electrons. The molecule has 0 aromatic rings. The fourth-order valence-electron chi connectivity index (χ4n) is 0.890. The van der Waals surface area contributed by atoms with Crippen LogP contribution in [0.3, 0.4) is 0 Å². The van der Waals surface area contributed by atoms with E-state index >= 15 is 0 Å². The maximum Gasteiger partial charge on any atom is 0.209 e. The fourth-order valence-corrected chi connectivity index (χ4v) is 1.64. The Morgan fingerprint density at radius 1 is 1.60 bits per heavy atom. The van der Waals surface area contributed by atoms with Crippen LogP contribution in [0.2, 0.25) is 0 Å². The molecular weight excluding hydrogens is 154 g/mol. The third-order valence-electron chi connectivity index (χ3n) is 1.29. The highest BCUT2D eigenvalue weighted by Gasteiger charge is 2.25. The third-order valence-corrected chi connectivity index (χ3v) is 2.05. The molecule has 5 nitrogen and oxygen atoms in total. The van der Waals surface area contributed by atoms with Gasteiger partial charge in [-0.05, 0) is 0 Å². The number of hydrogen-bond donors (Lipinski definition) is 2. The predicted molar refractivity (Wildman–Crippen MR) is 37.5 cm³/mol. The molecule has 1 saturated heterocycles.